The van der Waals surface area contributed by atoms with E-state index in [9.17, 15) is 5.11 Å². The van der Waals surface area contributed by atoms with Crippen molar-refractivity contribution in [3.8, 4) is 0 Å². The summed E-state index contributed by atoms with van der Waals surface area (Å²) in [5.74, 6) is 1.54. The van der Waals surface area contributed by atoms with Gasteiger partial charge in [-0.25, -0.2) is 0 Å². The molecule has 2 heteroatoms. The van der Waals surface area contributed by atoms with E-state index < -0.39 is 0 Å². The minimum Gasteiger partial charge on any atom is -0.389 e. The molecule has 0 aliphatic carbocycles. The van der Waals surface area contributed by atoms with Crippen LogP contribution >= 0.6 is 0 Å². The molecule has 0 spiro atoms. The third kappa shape index (κ3) is 2.63. The Labute approximate surface area is 104 Å². The van der Waals surface area contributed by atoms with Gasteiger partial charge >= 0.3 is 0 Å². The largest absolute Gasteiger partial charge is 0.389 e. The summed E-state index contributed by atoms with van der Waals surface area (Å²) in [7, 11) is 0. The second kappa shape index (κ2) is 5.09. The first-order valence-corrected chi connectivity index (χ1v) is 6.61. The van der Waals surface area contributed by atoms with Gasteiger partial charge < -0.3 is 10.0 Å². The highest BCUT2D eigenvalue weighted by molar-refractivity contribution is 5.54. The van der Waals surface area contributed by atoms with E-state index in [0.717, 1.165) is 30.5 Å². The topological polar surface area (TPSA) is 23.5 Å². The van der Waals surface area contributed by atoms with Crippen LogP contribution < -0.4 is 4.90 Å². The fraction of sp³-hybridized carbons (Fsp3) is 0.600. The molecule has 0 saturated carbocycles. The van der Waals surface area contributed by atoms with Gasteiger partial charge in [0, 0.05) is 24.3 Å². The van der Waals surface area contributed by atoms with Crippen molar-refractivity contribution in [1.29, 1.82) is 0 Å². The zero-order chi connectivity index (χ0) is 12.4. The molecule has 1 N–H and O–H groups in total. The van der Waals surface area contributed by atoms with Gasteiger partial charge in [-0.15, -0.1) is 0 Å². The van der Waals surface area contributed by atoms with E-state index in [1.165, 1.54) is 12.1 Å². The van der Waals surface area contributed by atoms with Gasteiger partial charge in [0.25, 0.3) is 0 Å². The summed E-state index contributed by atoms with van der Waals surface area (Å²) in [6.07, 6.45) is 0.857. The number of aliphatic hydroxyl groups excluding tert-OH is 1. The smallest absolute Gasteiger partial charge is 0.0781 e. The molecule has 1 aromatic carbocycles. The van der Waals surface area contributed by atoms with Gasteiger partial charge in [0.15, 0.2) is 0 Å². The van der Waals surface area contributed by atoms with E-state index in [2.05, 4.69) is 30.9 Å². The molecule has 3 unspecified atom stereocenters. The average molecular weight is 233 g/mol. The lowest BCUT2D eigenvalue weighted by Crippen LogP contribution is -2.39. The van der Waals surface area contributed by atoms with E-state index in [4.69, 9.17) is 0 Å². The summed E-state index contributed by atoms with van der Waals surface area (Å²) in [5.41, 5.74) is 2.26. The van der Waals surface area contributed by atoms with Gasteiger partial charge in [-0.05, 0) is 31.2 Å². The van der Waals surface area contributed by atoms with Crippen LogP contribution in [-0.4, -0.2) is 18.2 Å². The van der Waals surface area contributed by atoms with E-state index in [0.29, 0.717) is 0 Å². The number of rotatable bonds is 2. The van der Waals surface area contributed by atoms with Gasteiger partial charge in [-0.3, -0.25) is 0 Å². The first-order valence-electron chi connectivity index (χ1n) is 6.61. The number of nitrogens with zero attached hydrogens (tertiary/aromatic N) is 1. The number of benzene rings is 1. The molecule has 1 fully saturated rings. The van der Waals surface area contributed by atoms with Crippen LogP contribution in [0.15, 0.2) is 24.3 Å². The summed E-state index contributed by atoms with van der Waals surface area (Å²) in [5, 5.41) is 9.83. The molecule has 0 radical (unpaired) electrons. The van der Waals surface area contributed by atoms with Crippen molar-refractivity contribution in [2.45, 2.75) is 33.3 Å². The highest BCUT2D eigenvalue weighted by atomic mass is 16.3. The van der Waals surface area contributed by atoms with Crippen LogP contribution in [0.25, 0.3) is 0 Å². The lowest BCUT2D eigenvalue weighted by atomic mass is 9.88. The Balaban J connectivity index is 2.22. The molecule has 1 saturated heterocycles. The van der Waals surface area contributed by atoms with Gasteiger partial charge in [0.05, 0.1) is 6.10 Å². The molecule has 1 aliphatic heterocycles. The normalized spacial score (nSPS) is 26.9. The zero-order valence-corrected chi connectivity index (χ0v) is 11.1. The third-order valence-electron chi connectivity index (χ3n) is 4.06. The second-order valence-electron chi connectivity index (χ2n) is 5.42. The molecule has 2 nitrogen and oxygen atoms in total. The molecule has 1 heterocycles. The highest BCUT2D eigenvalue weighted by Crippen LogP contribution is 2.31. The van der Waals surface area contributed by atoms with Gasteiger partial charge in [0.1, 0.15) is 0 Å². The Kier molecular flexibility index (Phi) is 3.72. The Morgan fingerprint density at radius 3 is 2.59 bits per heavy atom. The second-order valence-corrected chi connectivity index (χ2v) is 5.42. The fourth-order valence-electron chi connectivity index (χ4n) is 2.61. The predicted molar refractivity (Wildman–Crippen MR) is 72.2 cm³/mol. The summed E-state index contributed by atoms with van der Waals surface area (Å²) in [6.45, 7) is 8.71. The van der Waals surface area contributed by atoms with E-state index in [1.807, 2.05) is 19.1 Å². The van der Waals surface area contributed by atoms with Gasteiger partial charge in [-0.2, -0.15) is 0 Å². The number of anilines is 1. The van der Waals surface area contributed by atoms with Crippen molar-refractivity contribution in [2.75, 3.05) is 18.0 Å². The van der Waals surface area contributed by atoms with Gasteiger partial charge in [-0.1, -0.05) is 32.0 Å². The Bertz CT molecular complexity index is 375. The van der Waals surface area contributed by atoms with E-state index in [1.54, 1.807) is 0 Å². The predicted octanol–water partition coefficient (Wildman–Crippen LogP) is 3.22. The van der Waals surface area contributed by atoms with Crippen molar-refractivity contribution in [2.24, 2.45) is 11.8 Å². The standard InChI is InChI=1S/C15H23NO/c1-11-8-9-16(10-12(11)2)15-7-5-4-6-14(15)13(3)17/h4-7,11-13,17H,8-10H2,1-3H3. The minimum absolute atomic E-state index is 0.388. The van der Waals surface area contributed by atoms with Crippen molar-refractivity contribution in [3.63, 3.8) is 0 Å². The van der Waals surface area contributed by atoms with Crippen molar-refractivity contribution < 1.29 is 5.11 Å². The molecule has 1 aliphatic rings. The summed E-state index contributed by atoms with van der Waals surface area (Å²) >= 11 is 0. The third-order valence-corrected chi connectivity index (χ3v) is 4.06. The van der Waals surface area contributed by atoms with Crippen LogP contribution in [0.1, 0.15) is 38.9 Å². The van der Waals surface area contributed by atoms with E-state index >= 15 is 0 Å². The molecule has 94 valence electrons. The first-order chi connectivity index (χ1) is 8.09. The highest BCUT2D eigenvalue weighted by Gasteiger charge is 2.24. The first kappa shape index (κ1) is 12.4. The molecule has 0 amide bonds. The molecular weight excluding hydrogens is 210 g/mol. The quantitative estimate of drug-likeness (QED) is 0.847. The lowest BCUT2D eigenvalue weighted by molar-refractivity contribution is 0.199. The van der Waals surface area contributed by atoms with Crippen molar-refractivity contribution >= 4 is 5.69 Å². The van der Waals surface area contributed by atoms with Crippen LogP contribution in [0, 0.1) is 11.8 Å². The van der Waals surface area contributed by atoms with Gasteiger partial charge in [0.2, 0.25) is 0 Å². The molecule has 0 aromatic heterocycles. The maximum Gasteiger partial charge on any atom is 0.0781 e. The average Bonchev–Trinajstić information content (AvgIpc) is 2.32. The van der Waals surface area contributed by atoms with Crippen molar-refractivity contribution in [3.05, 3.63) is 29.8 Å². The van der Waals surface area contributed by atoms with Crippen LogP contribution in [0.4, 0.5) is 5.69 Å². The Morgan fingerprint density at radius 1 is 1.24 bits per heavy atom. The minimum atomic E-state index is -0.388. The van der Waals surface area contributed by atoms with Crippen LogP contribution in [-0.2, 0) is 0 Å². The number of aliphatic hydroxyl groups is 1. The molecule has 1 aromatic rings. The maximum absolute atomic E-state index is 9.83. The molecule has 17 heavy (non-hydrogen) atoms. The fourth-order valence-corrected chi connectivity index (χ4v) is 2.61. The molecule has 2 rings (SSSR count). The zero-order valence-electron chi connectivity index (χ0n) is 11.1. The van der Waals surface area contributed by atoms with Crippen LogP contribution in [0.2, 0.25) is 0 Å². The Hall–Kier alpha value is -1.02. The van der Waals surface area contributed by atoms with E-state index in [-0.39, 0.29) is 6.10 Å². The molecular formula is C15H23NO. The van der Waals surface area contributed by atoms with Crippen LogP contribution in [0.5, 0.6) is 0 Å². The Morgan fingerprint density at radius 2 is 1.94 bits per heavy atom. The number of piperidine rings is 1. The lowest BCUT2D eigenvalue weighted by Gasteiger charge is -2.38. The van der Waals surface area contributed by atoms with Crippen LogP contribution in [0.3, 0.4) is 0 Å². The summed E-state index contributed by atoms with van der Waals surface area (Å²) in [6, 6.07) is 8.22. The number of para-hydroxylation sites is 1. The monoisotopic (exact) mass is 233 g/mol. The maximum atomic E-state index is 9.83. The SMILES string of the molecule is CC(O)c1ccccc1N1CCC(C)C(C)C1. The summed E-state index contributed by atoms with van der Waals surface area (Å²) in [4.78, 5) is 2.42. The molecule has 0 bridgehead atoms. The number of hydrogen-bond acceptors (Lipinski definition) is 2. The number of hydrogen-bond donors (Lipinski definition) is 1. The summed E-state index contributed by atoms with van der Waals surface area (Å²) < 4.78 is 0. The van der Waals surface area contributed by atoms with Crippen molar-refractivity contribution in [1.82, 2.24) is 0 Å². The molecule has 3 atom stereocenters.